The number of fused-ring (bicyclic) bond motifs is 3. The van der Waals surface area contributed by atoms with Gasteiger partial charge in [0.25, 0.3) is 0 Å². The van der Waals surface area contributed by atoms with Crippen LogP contribution in [-0.2, 0) is 19.7 Å². The summed E-state index contributed by atoms with van der Waals surface area (Å²) in [6, 6.07) is 11.1. The summed E-state index contributed by atoms with van der Waals surface area (Å²) < 4.78 is 5.05. The zero-order valence-corrected chi connectivity index (χ0v) is 15.2. The zero-order valence-electron chi connectivity index (χ0n) is 15.2. The van der Waals surface area contributed by atoms with E-state index in [1.54, 1.807) is 26.0 Å². The van der Waals surface area contributed by atoms with E-state index in [1.165, 1.54) is 14.0 Å². The molecule has 0 atom stereocenters. The fourth-order valence-corrected chi connectivity index (χ4v) is 3.67. The van der Waals surface area contributed by atoms with Crippen LogP contribution in [0.4, 0.5) is 0 Å². The van der Waals surface area contributed by atoms with E-state index in [0.717, 1.165) is 22.3 Å². The fourth-order valence-electron chi connectivity index (χ4n) is 3.67. The van der Waals surface area contributed by atoms with Crippen LogP contribution in [0.15, 0.2) is 36.4 Å². The van der Waals surface area contributed by atoms with E-state index in [-0.39, 0.29) is 5.78 Å². The maximum absolute atomic E-state index is 12.8. The molecular weight excluding hydrogens is 324 g/mol. The van der Waals surface area contributed by atoms with Gasteiger partial charge >= 0.3 is 5.97 Å². The molecule has 3 heteroatoms. The number of carbonyl (C=O) groups excluding carboxylic acids is 2. The van der Waals surface area contributed by atoms with Gasteiger partial charge in [0.1, 0.15) is 0 Å². The summed E-state index contributed by atoms with van der Waals surface area (Å²) in [7, 11) is 1.30. The van der Waals surface area contributed by atoms with Gasteiger partial charge < -0.3 is 4.74 Å². The molecule has 128 valence electrons. The first kappa shape index (κ1) is 17.5. The Balaban J connectivity index is 2.44. The Hall–Kier alpha value is -3.30. The third-order valence-electron chi connectivity index (χ3n) is 4.70. The van der Waals surface area contributed by atoms with Crippen molar-refractivity contribution in [3.63, 3.8) is 0 Å². The summed E-state index contributed by atoms with van der Waals surface area (Å²) in [6.45, 7) is 4.96. The van der Waals surface area contributed by atoms with Gasteiger partial charge in [-0.25, -0.2) is 0 Å². The van der Waals surface area contributed by atoms with Crippen LogP contribution in [0, 0.1) is 23.7 Å². The smallest absolute Gasteiger partial charge is 0.328 e. The number of ether oxygens (including phenoxy) is 1. The minimum atomic E-state index is -1.45. The monoisotopic (exact) mass is 342 g/mol. The van der Waals surface area contributed by atoms with Crippen molar-refractivity contribution < 1.29 is 14.3 Å². The topological polar surface area (TPSA) is 43.4 Å². The van der Waals surface area contributed by atoms with Crippen molar-refractivity contribution in [3.8, 4) is 34.8 Å². The number of methoxy groups -OCH3 is 1. The highest BCUT2D eigenvalue weighted by molar-refractivity contribution is 6.17. The molecule has 0 bridgehead atoms. The van der Waals surface area contributed by atoms with Crippen molar-refractivity contribution in [1.82, 2.24) is 0 Å². The third kappa shape index (κ3) is 2.33. The van der Waals surface area contributed by atoms with E-state index in [0.29, 0.717) is 11.1 Å². The molecule has 0 unspecified atom stereocenters. The molecule has 0 heterocycles. The van der Waals surface area contributed by atoms with E-state index in [4.69, 9.17) is 4.74 Å². The van der Waals surface area contributed by atoms with Gasteiger partial charge in [-0.05, 0) is 67.3 Å². The summed E-state index contributed by atoms with van der Waals surface area (Å²) in [6.07, 6.45) is 0. The van der Waals surface area contributed by atoms with E-state index in [1.807, 2.05) is 24.3 Å². The summed E-state index contributed by atoms with van der Waals surface area (Å²) in [5, 5.41) is 0. The lowest BCUT2D eigenvalue weighted by atomic mass is 9.75. The van der Waals surface area contributed by atoms with Gasteiger partial charge in [-0.2, -0.15) is 0 Å². The molecule has 0 N–H and O–H groups in total. The molecule has 0 saturated carbocycles. The molecule has 3 nitrogen and oxygen atoms in total. The second kappa shape index (κ2) is 6.54. The fraction of sp³-hybridized carbons (Fsp3) is 0.217. The number of rotatable bonds is 2. The van der Waals surface area contributed by atoms with Gasteiger partial charge in [0, 0.05) is 11.1 Å². The van der Waals surface area contributed by atoms with Gasteiger partial charge in [-0.3, -0.25) is 9.59 Å². The molecule has 2 aromatic rings. The molecule has 1 aliphatic rings. The average Bonchev–Trinajstić information content (AvgIpc) is 2.92. The zero-order chi connectivity index (χ0) is 18.9. The van der Waals surface area contributed by atoms with Gasteiger partial charge in [0.2, 0.25) is 0 Å². The Kier molecular flexibility index (Phi) is 4.41. The number of ketones is 1. The third-order valence-corrected chi connectivity index (χ3v) is 4.70. The standard InChI is InChI=1S/C23H18O3/c1-5-7-16-9-11-20-18(13-16)19-14-17(8-6-2)10-12-21(19)23(20,15(3)24)22(25)26-4/h9-14H,1-4H3. The van der Waals surface area contributed by atoms with Crippen molar-refractivity contribution in [2.75, 3.05) is 7.11 Å². The van der Waals surface area contributed by atoms with E-state index in [2.05, 4.69) is 23.7 Å². The molecule has 2 aromatic carbocycles. The molecule has 0 radical (unpaired) electrons. The van der Waals surface area contributed by atoms with Gasteiger partial charge in [0.05, 0.1) is 7.11 Å². The Bertz CT molecular complexity index is 983. The minimum absolute atomic E-state index is 0.270. The summed E-state index contributed by atoms with van der Waals surface area (Å²) in [4.78, 5) is 25.6. The quantitative estimate of drug-likeness (QED) is 0.477. The van der Waals surface area contributed by atoms with Crippen molar-refractivity contribution in [3.05, 3.63) is 58.7 Å². The second-order valence-corrected chi connectivity index (χ2v) is 6.07. The Morgan fingerprint density at radius 3 is 1.69 bits per heavy atom. The lowest BCUT2D eigenvalue weighted by molar-refractivity contribution is -0.149. The molecule has 3 rings (SSSR count). The van der Waals surface area contributed by atoms with Gasteiger partial charge in [0.15, 0.2) is 11.2 Å². The minimum Gasteiger partial charge on any atom is -0.468 e. The number of Topliss-reactive ketones (excluding diaryl/α,β-unsaturated/α-hetero) is 1. The highest BCUT2D eigenvalue weighted by atomic mass is 16.5. The van der Waals surface area contributed by atoms with Gasteiger partial charge in [-0.1, -0.05) is 24.0 Å². The van der Waals surface area contributed by atoms with Crippen LogP contribution in [0.25, 0.3) is 11.1 Å². The predicted octanol–water partition coefficient (Wildman–Crippen LogP) is 3.46. The van der Waals surface area contributed by atoms with Crippen molar-refractivity contribution >= 4 is 11.8 Å². The van der Waals surface area contributed by atoms with Crippen molar-refractivity contribution in [2.24, 2.45) is 0 Å². The lowest BCUT2D eigenvalue weighted by Gasteiger charge is -2.26. The number of hydrogen-bond acceptors (Lipinski definition) is 3. The van der Waals surface area contributed by atoms with E-state index in [9.17, 15) is 9.59 Å². The van der Waals surface area contributed by atoms with Crippen LogP contribution in [0.5, 0.6) is 0 Å². The largest absolute Gasteiger partial charge is 0.468 e. The predicted molar refractivity (Wildman–Crippen MR) is 100 cm³/mol. The number of carbonyl (C=O) groups is 2. The highest BCUT2D eigenvalue weighted by Crippen LogP contribution is 2.50. The maximum Gasteiger partial charge on any atom is 0.328 e. The average molecular weight is 342 g/mol. The maximum atomic E-state index is 12.8. The first-order chi connectivity index (χ1) is 12.5. The summed E-state index contributed by atoms with van der Waals surface area (Å²) >= 11 is 0. The summed E-state index contributed by atoms with van der Waals surface area (Å²) in [5.74, 6) is 11.0. The Morgan fingerprint density at radius 1 is 0.885 bits per heavy atom. The van der Waals surface area contributed by atoms with Crippen LogP contribution >= 0.6 is 0 Å². The Labute approximate surface area is 153 Å². The molecular formula is C23H18O3. The molecule has 0 fully saturated rings. The van der Waals surface area contributed by atoms with E-state index < -0.39 is 11.4 Å². The van der Waals surface area contributed by atoms with Crippen molar-refractivity contribution in [2.45, 2.75) is 26.2 Å². The molecule has 1 aliphatic carbocycles. The van der Waals surface area contributed by atoms with Crippen molar-refractivity contribution in [1.29, 1.82) is 0 Å². The Morgan fingerprint density at radius 2 is 1.35 bits per heavy atom. The SMILES string of the molecule is CC#Cc1ccc2c(c1)-c1cc(C#CC)ccc1C2(C(C)=O)C(=O)OC. The molecule has 0 amide bonds. The van der Waals surface area contributed by atoms with Crippen LogP contribution in [0.1, 0.15) is 43.0 Å². The first-order valence-electron chi connectivity index (χ1n) is 8.25. The first-order valence-corrected chi connectivity index (χ1v) is 8.25. The molecule has 0 aliphatic heterocycles. The molecule has 26 heavy (non-hydrogen) atoms. The van der Waals surface area contributed by atoms with Crippen LogP contribution < -0.4 is 0 Å². The van der Waals surface area contributed by atoms with Crippen LogP contribution in [0.3, 0.4) is 0 Å². The highest BCUT2D eigenvalue weighted by Gasteiger charge is 2.54. The van der Waals surface area contributed by atoms with E-state index >= 15 is 0 Å². The molecule has 0 aromatic heterocycles. The lowest BCUT2D eigenvalue weighted by Crippen LogP contribution is -2.42. The second-order valence-electron chi connectivity index (χ2n) is 6.07. The van der Waals surface area contributed by atoms with Gasteiger partial charge in [-0.15, -0.1) is 11.8 Å². The van der Waals surface area contributed by atoms with Crippen LogP contribution in [0.2, 0.25) is 0 Å². The number of esters is 1. The van der Waals surface area contributed by atoms with Crippen LogP contribution in [-0.4, -0.2) is 18.9 Å². The normalized spacial score (nSPS) is 12.6. The summed E-state index contributed by atoms with van der Waals surface area (Å²) in [5.41, 5.74) is 3.11. The number of benzene rings is 2. The number of hydrogen-bond donors (Lipinski definition) is 0. The molecule has 0 saturated heterocycles. The molecule has 0 spiro atoms.